The topological polar surface area (TPSA) is 56.5 Å². The second-order valence-corrected chi connectivity index (χ2v) is 4.90. The number of aromatic nitrogens is 2. The molecule has 21 heavy (non-hydrogen) atoms. The van der Waals surface area contributed by atoms with E-state index < -0.39 is 6.10 Å². The van der Waals surface area contributed by atoms with Gasteiger partial charge >= 0.3 is 0 Å². The first-order valence-electron chi connectivity index (χ1n) is 7.01. The first-order valence-corrected chi connectivity index (χ1v) is 7.01. The van der Waals surface area contributed by atoms with Gasteiger partial charge in [0.15, 0.2) is 0 Å². The number of nitrogens with zero attached hydrogens (tertiary/aromatic N) is 2. The van der Waals surface area contributed by atoms with Crippen molar-refractivity contribution in [3.63, 3.8) is 0 Å². The molecule has 0 radical (unpaired) electrons. The predicted molar refractivity (Wildman–Crippen MR) is 80.8 cm³/mol. The van der Waals surface area contributed by atoms with Gasteiger partial charge < -0.3 is 14.6 Å². The van der Waals surface area contributed by atoms with Crippen LogP contribution in [0.2, 0.25) is 0 Å². The minimum Gasteiger partial charge on any atom is -0.496 e. The number of ether oxygens (including phenoxy) is 2. The van der Waals surface area contributed by atoms with E-state index in [1.165, 1.54) is 0 Å². The van der Waals surface area contributed by atoms with Gasteiger partial charge in [-0.2, -0.15) is 5.10 Å². The Kier molecular flexibility index (Phi) is 4.85. The number of benzene rings is 1. The van der Waals surface area contributed by atoms with E-state index in [1.807, 2.05) is 36.0 Å². The zero-order valence-electron chi connectivity index (χ0n) is 13.0. The summed E-state index contributed by atoms with van der Waals surface area (Å²) >= 11 is 0. The summed E-state index contributed by atoms with van der Waals surface area (Å²) in [5, 5.41) is 15.0. The van der Waals surface area contributed by atoms with Crippen molar-refractivity contribution < 1.29 is 14.6 Å². The number of hydrogen-bond donors (Lipinski definition) is 1. The Morgan fingerprint density at radius 2 is 1.86 bits per heavy atom. The van der Waals surface area contributed by atoms with Crippen molar-refractivity contribution in [2.45, 2.75) is 25.9 Å². The minimum atomic E-state index is -0.712. The Balaban J connectivity index is 2.31. The van der Waals surface area contributed by atoms with Crippen LogP contribution in [0.15, 0.2) is 24.3 Å². The van der Waals surface area contributed by atoms with Gasteiger partial charge in [0.1, 0.15) is 11.5 Å². The van der Waals surface area contributed by atoms with Crippen LogP contribution in [-0.4, -0.2) is 29.1 Å². The summed E-state index contributed by atoms with van der Waals surface area (Å²) < 4.78 is 12.5. The van der Waals surface area contributed by atoms with E-state index in [9.17, 15) is 5.11 Å². The van der Waals surface area contributed by atoms with Gasteiger partial charge in [0, 0.05) is 19.2 Å². The van der Waals surface area contributed by atoms with Gasteiger partial charge in [-0.15, -0.1) is 0 Å². The van der Waals surface area contributed by atoms with Gasteiger partial charge in [0.2, 0.25) is 0 Å². The Hall–Kier alpha value is -2.01. The Labute approximate surface area is 125 Å². The summed E-state index contributed by atoms with van der Waals surface area (Å²) in [6.07, 6.45) is 0.624. The molecule has 1 aromatic carbocycles. The fraction of sp³-hybridized carbons (Fsp3) is 0.438. The number of methoxy groups -OCH3 is 2. The van der Waals surface area contributed by atoms with Gasteiger partial charge in [-0.3, -0.25) is 4.68 Å². The summed E-state index contributed by atoms with van der Waals surface area (Å²) in [6.45, 7) is 2.06. The quantitative estimate of drug-likeness (QED) is 0.886. The smallest absolute Gasteiger partial charge is 0.128 e. The van der Waals surface area contributed by atoms with E-state index in [0.29, 0.717) is 23.5 Å². The standard InChI is InChI=1S/C16H22N2O3/c1-5-11-9-12(18(2)17-11)10-13(19)16-14(20-3)7-6-8-15(16)21-4/h6-9,13,19H,5,10H2,1-4H3. The largest absolute Gasteiger partial charge is 0.496 e. The lowest BCUT2D eigenvalue weighted by Gasteiger charge is -2.18. The number of rotatable bonds is 6. The summed E-state index contributed by atoms with van der Waals surface area (Å²) in [7, 11) is 5.06. The van der Waals surface area contributed by atoms with Crippen LogP contribution in [-0.2, 0) is 19.9 Å². The minimum absolute atomic E-state index is 0.459. The van der Waals surface area contributed by atoms with Crippen molar-refractivity contribution in [1.29, 1.82) is 0 Å². The first kappa shape index (κ1) is 15.4. The lowest BCUT2D eigenvalue weighted by molar-refractivity contribution is 0.167. The number of aliphatic hydroxyl groups excluding tert-OH is 1. The monoisotopic (exact) mass is 290 g/mol. The molecule has 2 rings (SSSR count). The van der Waals surface area contributed by atoms with Crippen LogP contribution in [0.5, 0.6) is 11.5 Å². The lowest BCUT2D eigenvalue weighted by atomic mass is 10.0. The zero-order chi connectivity index (χ0) is 15.4. The van der Waals surface area contributed by atoms with Crippen LogP contribution < -0.4 is 9.47 Å². The molecule has 0 saturated carbocycles. The second-order valence-electron chi connectivity index (χ2n) is 4.90. The Bertz CT molecular complexity index is 585. The Morgan fingerprint density at radius 3 is 2.33 bits per heavy atom. The number of hydrogen-bond acceptors (Lipinski definition) is 4. The SMILES string of the molecule is CCc1cc(CC(O)c2c(OC)cccc2OC)n(C)n1. The highest BCUT2D eigenvalue weighted by Crippen LogP contribution is 2.35. The molecule has 0 aliphatic carbocycles. The maximum Gasteiger partial charge on any atom is 0.128 e. The van der Waals surface area contributed by atoms with E-state index in [4.69, 9.17) is 9.47 Å². The molecule has 0 aliphatic heterocycles. The van der Waals surface area contributed by atoms with Gasteiger partial charge in [0.25, 0.3) is 0 Å². The van der Waals surface area contributed by atoms with Crippen LogP contribution in [0.4, 0.5) is 0 Å². The maximum atomic E-state index is 10.6. The average Bonchev–Trinajstić information content (AvgIpc) is 2.86. The average molecular weight is 290 g/mol. The number of aryl methyl sites for hydroxylation is 2. The molecule has 1 unspecified atom stereocenters. The molecule has 0 fully saturated rings. The summed E-state index contributed by atoms with van der Waals surface area (Å²) in [5.41, 5.74) is 2.67. The predicted octanol–water partition coefficient (Wildman–Crippen LogP) is 2.28. The molecule has 114 valence electrons. The molecule has 0 spiro atoms. The zero-order valence-corrected chi connectivity index (χ0v) is 13.0. The molecule has 0 amide bonds. The van der Waals surface area contributed by atoms with E-state index in [0.717, 1.165) is 17.8 Å². The van der Waals surface area contributed by atoms with Crippen LogP contribution >= 0.6 is 0 Å². The van der Waals surface area contributed by atoms with Gasteiger partial charge in [0.05, 0.1) is 31.6 Å². The molecule has 1 heterocycles. The third kappa shape index (κ3) is 3.19. The van der Waals surface area contributed by atoms with Crippen molar-refractivity contribution in [2.75, 3.05) is 14.2 Å². The molecule has 0 aliphatic rings. The summed E-state index contributed by atoms with van der Waals surface area (Å²) in [5.74, 6) is 1.25. The van der Waals surface area contributed by atoms with Crippen molar-refractivity contribution in [2.24, 2.45) is 7.05 Å². The fourth-order valence-electron chi connectivity index (χ4n) is 2.44. The van der Waals surface area contributed by atoms with Crippen LogP contribution in [0.3, 0.4) is 0 Å². The molecule has 1 atom stereocenters. The van der Waals surface area contributed by atoms with Crippen LogP contribution in [0, 0.1) is 0 Å². The van der Waals surface area contributed by atoms with Crippen molar-refractivity contribution >= 4 is 0 Å². The van der Waals surface area contributed by atoms with Gasteiger partial charge in [-0.05, 0) is 24.6 Å². The van der Waals surface area contributed by atoms with E-state index in [1.54, 1.807) is 14.2 Å². The molecule has 1 aromatic heterocycles. The van der Waals surface area contributed by atoms with Gasteiger partial charge in [-0.25, -0.2) is 0 Å². The molecule has 0 saturated heterocycles. The van der Waals surface area contributed by atoms with E-state index in [2.05, 4.69) is 12.0 Å². The fourth-order valence-corrected chi connectivity index (χ4v) is 2.44. The first-order chi connectivity index (χ1) is 10.1. The number of aliphatic hydroxyl groups is 1. The maximum absolute atomic E-state index is 10.6. The third-order valence-electron chi connectivity index (χ3n) is 3.59. The molecule has 0 bridgehead atoms. The highest BCUT2D eigenvalue weighted by molar-refractivity contribution is 5.46. The highest BCUT2D eigenvalue weighted by Gasteiger charge is 2.20. The molecule has 5 nitrogen and oxygen atoms in total. The van der Waals surface area contributed by atoms with E-state index in [-0.39, 0.29) is 0 Å². The summed E-state index contributed by atoms with van der Waals surface area (Å²) in [6, 6.07) is 7.50. The third-order valence-corrected chi connectivity index (χ3v) is 3.59. The van der Waals surface area contributed by atoms with Crippen LogP contribution in [0.1, 0.15) is 30.0 Å². The van der Waals surface area contributed by atoms with Crippen molar-refractivity contribution in [1.82, 2.24) is 9.78 Å². The highest BCUT2D eigenvalue weighted by atomic mass is 16.5. The molecular formula is C16H22N2O3. The van der Waals surface area contributed by atoms with Crippen LogP contribution in [0.25, 0.3) is 0 Å². The molecule has 1 N–H and O–H groups in total. The van der Waals surface area contributed by atoms with Crippen molar-refractivity contribution in [3.8, 4) is 11.5 Å². The molecular weight excluding hydrogens is 268 g/mol. The van der Waals surface area contributed by atoms with E-state index >= 15 is 0 Å². The molecule has 2 aromatic rings. The molecule has 5 heteroatoms. The normalized spacial score (nSPS) is 12.2. The van der Waals surface area contributed by atoms with Gasteiger partial charge in [-0.1, -0.05) is 13.0 Å². The second kappa shape index (κ2) is 6.63. The summed E-state index contributed by atoms with van der Waals surface area (Å²) in [4.78, 5) is 0. The van der Waals surface area contributed by atoms with Crippen molar-refractivity contribution in [3.05, 3.63) is 41.2 Å². The Morgan fingerprint density at radius 1 is 1.24 bits per heavy atom. The lowest BCUT2D eigenvalue weighted by Crippen LogP contribution is -2.09.